The van der Waals surface area contributed by atoms with Gasteiger partial charge in [-0.3, -0.25) is 0 Å². The summed E-state index contributed by atoms with van der Waals surface area (Å²) in [5.41, 5.74) is 0. The van der Waals surface area contributed by atoms with Crippen LogP contribution in [0.1, 0.15) is 8.80 Å². The minimum Gasteiger partial charge on any atom is -0.134 e. The van der Waals surface area contributed by atoms with Gasteiger partial charge in [-0.1, -0.05) is 62.0 Å². The Morgan fingerprint density at radius 3 is 1.50 bits per heavy atom. The largest absolute Gasteiger partial charge is 0.134 e. The van der Waals surface area contributed by atoms with E-state index in [0.717, 1.165) is 9.17 Å². The predicted molar refractivity (Wildman–Crippen MR) is 148 cm³/mol. The molecule has 0 aliphatic rings. The minimum absolute atomic E-state index is 0. The van der Waals surface area contributed by atoms with E-state index in [1.54, 1.807) is 11.3 Å². The fourth-order valence-electron chi connectivity index (χ4n) is 3.40. The van der Waals surface area contributed by atoms with E-state index < -0.39 is 0 Å². The van der Waals surface area contributed by atoms with Crippen LogP contribution in [0.5, 0.6) is 0 Å². The van der Waals surface area contributed by atoms with Crippen molar-refractivity contribution in [2.45, 2.75) is 7.43 Å². The van der Waals surface area contributed by atoms with Crippen molar-refractivity contribution in [1.29, 1.82) is 0 Å². The Morgan fingerprint density at radius 1 is 0.533 bits per heavy atom. The lowest BCUT2D eigenvalue weighted by atomic mass is 10.2. The van der Waals surface area contributed by atoms with Gasteiger partial charge in [-0.25, -0.2) is 0 Å². The van der Waals surface area contributed by atoms with Crippen LogP contribution in [0, 0.1) is 0 Å². The van der Waals surface area contributed by atoms with Crippen molar-refractivity contribution in [3.8, 4) is 0 Å². The van der Waals surface area contributed by atoms with Crippen LogP contribution in [-0.2, 0) is 0 Å². The molecule has 0 saturated heterocycles. The highest BCUT2D eigenvalue weighted by Gasteiger charge is 2.09. The normalized spacial score (nSPS) is 11.4. The molecule has 5 heteroatoms. The molecule has 0 aliphatic carbocycles. The Balaban J connectivity index is 0.000000144. The summed E-state index contributed by atoms with van der Waals surface area (Å²) >= 11 is 14.2. The van der Waals surface area contributed by atoms with Gasteiger partial charge in [-0.2, -0.15) is 0 Å². The number of rotatable bonds is 0. The number of fused-ring (bicyclic) bond motifs is 6. The minimum atomic E-state index is 0. The first-order valence-electron chi connectivity index (χ1n) is 9.36. The number of halogens is 3. The summed E-state index contributed by atoms with van der Waals surface area (Å²) < 4.78 is 16.3. The molecule has 0 unspecified atom stereocenters. The van der Waals surface area contributed by atoms with Crippen molar-refractivity contribution in [3.63, 3.8) is 0 Å². The van der Waals surface area contributed by atoms with Gasteiger partial charge in [0.1, 0.15) is 0 Å². The van der Waals surface area contributed by atoms with Gasteiger partial charge in [0.15, 0.2) is 0 Å². The van der Waals surface area contributed by atoms with Gasteiger partial charge in [0, 0.05) is 53.8 Å². The standard InChI is InChI=1S/C12H6Br2S.C12H7BrS.CH4/c13-9-5-1-3-7-8-4-2-6-10(14)12(8)15-11(7)9;13-10-6-3-5-9-8-4-1-2-7-11(8)14-12(9)10;/h1-6H;1-7H;1H4/i;7D;. The molecule has 0 saturated carbocycles. The third-order valence-corrected chi connectivity index (χ3v) is 9.95. The lowest BCUT2D eigenvalue weighted by Gasteiger charge is -1.93. The van der Waals surface area contributed by atoms with Crippen molar-refractivity contribution in [2.24, 2.45) is 0 Å². The number of thiophene rings is 2. The van der Waals surface area contributed by atoms with Gasteiger partial charge in [0.25, 0.3) is 0 Å². The monoisotopic (exact) mass is 619 g/mol. The molecule has 0 spiro atoms. The molecule has 0 atom stereocenters. The Morgan fingerprint density at radius 2 is 0.967 bits per heavy atom. The van der Waals surface area contributed by atoms with Gasteiger partial charge >= 0.3 is 0 Å². The molecule has 2 heterocycles. The molecule has 0 nitrogen and oxygen atoms in total. The van der Waals surface area contributed by atoms with Gasteiger partial charge in [0.05, 0.1) is 1.37 Å². The zero-order valence-electron chi connectivity index (χ0n) is 15.9. The third-order valence-electron chi connectivity index (χ3n) is 4.71. The molecule has 6 rings (SSSR count). The van der Waals surface area contributed by atoms with E-state index in [1.165, 1.54) is 44.6 Å². The molecule has 30 heavy (non-hydrogen) atoms. The van der Waals surface area contributed by atoms with Crippen LogP contribution in [0.4, 0.5) is 0 Å². The van der Waals surface area contributed by atoms with Crippen molar-refractivity contribution in [1.82, 2.24) is 0 Å². The Labute approximate surface area is 210 Å². The summed E-state index contributed by atoms with van der Waals surface area (Å²) in [4.78, 5) is 0. The topological polar surface area (TPSA) is 0 Å². The van der Waals surface area contributed by atoms with E-state index in [9.17, 15) is 0 Å². The Kier molecular flexibility index (Phi) is 6.26. The Bertz CT molecular complexity index is 1320. The average molecular weight is 622 g/mol. The molecule has 0 amide bonds. The summed E-state index contributed by atoms with van der Waals surface area (Å²) in [7, 11) is 0. The summed E-state index contributed by atoms with van der Waals surface area (Å²) in [5, 5.41) is 5.07. The highest BCUT2D eigenvalue weighted by atomic mass is 79.9. The lowest BCUT2D eigenvalue weighted by molar-refractivity contribution is 1.78. The fourth-order valence-corrected chi connectivity index (χ4v) is 7.41. The van der Waals surface area contributed by atoms with Crippen molar-refractivity contribution < 1.29 is 1.37 Å². The van der Waals surface area contributed by atoms with Crippen LogP contribution >= 0.6 is 70.5 Å². The molecule has 2 aromatic heterocycles. The number of hydrogen-bond acceptors (Lipinski definition) is 2. The zero-order valence-corrected chi connectivity index (χ0v) is 21.3. The number of hydrogen-bond donors (Lipinski definition) is 0. The second-order valence-electron chi connectivity index (χ2n) is 6.47. The Hall–Kier alpha value is -1.24. The van der Waals surface area contributed by atoms with Crippen molar-refractivity contribution >= 4 is 111 Å². The van der Waals surface area contributed by atoms with Gasteiger partial charge < -0.3 is 0 Å². The maximum Gasteiger partial charge on any atom is 0.0638 e. The van der Waals surface area contributed by atoms with Crippen molar-refractivity contribution in [2.75, 3.05) is 0 Å². The summed E-state index contributed by atoms with van der Waals surface area (Å²) in [6.07, 6.45) is 0. The van der Waals surface area contributed by atoms with Crippen LogP contribution in [0.15, 0.2) is 92.3 Å². The molecule has 0 radical (unpaired) electrons. The first-order chi connectivity index (χ1) is 14.5. The second-order valence-corrected chi connectivity index (χ2v) is 11.1. The first-order valence-corrected chi connectivity index (χ1v) is 12.9. The van der Waals surface area contributed by atoms with Crippen molar-refractivity contribution in [3.05, 3.63) is 92.3 Å². The molecule has 150 valence electrons. The third kappa shape index (κ3) is 3.87. The van der Waals surface area contributed by atoms with E-state index >= 15 is 0 Å². The van der Waals surface area contributed by atoms with E-state index in [1.807, 2.05) is 35.6 Å². The predicted octanol–water partition coefficient (Wildman–Crippen LogP) is 11.0. The quantitative estimate of drug-likeness (QED) is 0.158. The van der Waals surface area contributed by atoms with Crippen LogP contribution in [0.2, 0.25) is 0 Å². The molecule has 4 aromatic carbocycles. The van der Waals surface area contributed by atoms with E-state index in [0.29, 0.717) is 6.04 Å². The summed E-state index contributed by atoms with van der Waals surface area (Å²) in [6, 6.07) is 25.4. The van der Waals surface area contributed by atoms with Gasteiger partial charge in [-0.15, -0.1) is 22.7 Å². The molecule has 0 aliphatic heterocycles. The summed E-state index contributed by atoms with van der Waals surface area (Å²) in [6.45, 7) is 0. The van der Waals surface area contributed by atoms with E-state index in [2.05, 4.69) is 96.3 Å². The van der Waals surface area contributed by atoms with Gasteiger partial charge in [-0.05, 0) is 72.0 Å². The summed E-state index contributed by atoms with van der Waals surface area (Å²) in [5.74, 6) is 0. The maximum atomic E-state index is 7.86. The zero-order chi connectivity index (χ0) is 20.8. The molecule has 0 fully saturated rings. The molecular formula is C25H17Br3S2. The van der Waals surface area contributed by atoms with Gasteiger partial charge in [0.2, 0.25) is 0 Å². The van der Waals surface area contributed by atoms with Crippen LogP contribution < -0.4 is 0 Å². The lowest BCUT2D eigenvalue weighted by Crippen LogP contribution is -1.67. The SMILES string of the molecule is Brc1cccc2c1sc1c(Br)cccc12.C.[2H]c1cccc2c1sc1c(Br)cccc12. The maximum absolute atomic E-state index is 7.86. The molecule has 0 bridgehead atoms. The van der Waals surface area contributed by atoms with E-state index in [4.69, 9.17) is 1.37 Å². The second kappa shape index (κ2) is 9.09. The number of benzene rings is 4. The first kappa shape index (κ1) is 20.7. The highest BCUT2D eigenvalue weighted by Crippen LogP contribution is 2.41. The average Bonchev–Trinajstić information content (AvgIpc) is 3.31. The van der Waals surface area contributed by atoms with Crippen LogP contribution in [0.25, 0.3) is 40.3 Å². The van der Waals surface area contributed by atoms with E-state index in [-0.39, 0.29) is 7.43 Å². The molecule has 0 N–H and O–H groups in total. The molecule has 6 aromatic rings. The molecular weight excluding hydrogens is 604 g/mol. The van der Waals surface area contributed by atoms with Crippen LogP contribution in [0.3, 0.4) is 0 Å². The fraction of sp³-hybridized carbons (Fsp3) is 0.0400. The highest BCUT2D eigenvalue weighted by molar-refractivity contribution is 9.11. The van der Waals surface area contributed by atoms with Crippen LogP contribution in [-0.4, -0.2) is 0 Å². The smallest absolute Gasteiger partial charge is 0.0638 e.